The van der Waals surface area contributed by atoms with Crippen molar-refractivity contribution in [2.24, 2.45) is 0 Å². The average molecular weight is 409 g/mol. The highest BCUT2D eigenvalue weighted by molar-refractivity contribution is 7.90. The number of hydrogen-bond donors (Lipinski definition) is 3. The number of urea groups is 1. The third kappa shape index (κ3) is 3.41. The Kier molecular flexibility index (Phi) is 4.62. The van der Waals surface area contributed by atoms with Gasteiger partial charge in [-0.05, 0) is 39.0 Å². The van der Waals surface area contributed by atoms with Crippen LogP contribution in [0, 0.1) is 0 Å². The minimum absolute atomic E-state index is 0.170. The largest absolute Gasteiger partial charge is 0.323 e. The maximum atomic E-state index is 12.9. The summed E-state index contributed by atoms with van der Waals surface area (Å²) in [7, 11) is -1.88. The van der Waals surface area contributed by atoms with E-state index in [2.05, 4.69) is 15.6 Å². The first kappa shape index (κ1) is 19.2. The van der Waals surface area contributed by atoms with Crippen molar-refractivity contribution in [3.05, 3.63) is 0 Å². The Labute approximate surface area is 156 Å². The third-order valence-corrected chi connectivity index (χ3v) is 8.13. The first-order chi connectivity index (χ1) is 12.6. The predicted octanol–water partition coefficient (Wildman–Crippen LogP) is 0.115. The summed E-state index contributed by atoms with van der Waals surface area (Å²) in [6, 6.07) is -0.962. The van der Waals surface area contributed by atoms with E-state index in [4.69, 9.17) is 4.74 Å². The van der Waals surface area contributed by atoms with Crippen LogP contribution < -0.4 is 15.6 Å². The first-order valence-electron chi connectivity index (χ1n) is 9.14. The highest BCUT2D eigenvalue weighted by Gasteiger charge is 2.54. The molecule has 0 spiro atoms. The highest BCUT2D eigenvalue weighted by Crippen LogP contribution is 2.40. The van der Waals surface area contributed by atoms with Crippen LogP contribution >= 0.6 is 0 Å². The summed E-state index contributed by atoms with van der Waals surface area (Å²) in [6.45, 7) is 1.88. The van der Waals surface area contributed by atoms with Crippen LogP contribution in [0.15, 0.2) is 0 Å². The van der Waals surface area contributed by atoms with E-state index in [9.17, 15) is 22.0 Å². The van der Waals surface area contributed by atoms with Gasteiger partial charge < -0.3 is 9.64 Å². The van der Waals surface area contributed by atoms with Crippen molar-refractivity contribution in [1.82, 2.24) is 25.4 Å². The summed E-state index contributed by atoms with van der Waals surface area (Å²) in [5.74, 6) is 0. The van der Waals surface area contributed by atoms with Gasteiger partial charge in [0.25, 0.3) is 6.43 Å². The molecule has 12 heteroatoms. The van der Waals surface area contributed by atoms with Crippen molar-refractivity contribution in [2.75, 3.05) is 7.05 Å². The van der Waals surface area contributed by atoms with Gasteiger partial charge in [0, 0.05) is 12.6 Å². The van der Waals surface area contributed by atoms with Crippen LogP contribution in [0.25, 0.3) is 0 Å². The van der Waals surface area contributed by atoms with E-state index in [-0.39, 0.29) is 24.0 Å². The Morgan fingerprint density at radius 3 is 2.56 bits per heavy atom. The van der Waals surface area contributed by atoms with E-state index in [0.717, 1.165) is 12.8 Å². The van der Waals surface area contributed by atoms with Gasteiger partial charge in [-0.25, -0.2) is 37.6 Å². The van der Waals surface area contributed by atoms with E-state index < -0.39 is 40.3 Å². The molecule has 0 aromatic heterocycles. The highest BCUT2D eigenvalue weighted by atomic mass is 32.2. The number of amides is 2. The second kappa shape index (κ2) is 6.48. The molecule has 4 rings (SSSR count). The average Bonchev–Trinajstić information content (AvgIpc) is 3.04. The number of carbonyl (C=O) groups excluding carboxylic acids is 1. The van der Waals surface area contributed by atoms with Crippen molar-refractivity contribution in [3.63, 3.8) is 0 Å². The van der Waals surface area contributed by atoms with Gasteiger partial charge in [0.15, 0.2) is 6.23 Å². The number of hydrazine groups is 1. The van der Waals surface area contributed by atoms with Crippen molar-refractivity contribution >= 4 is 16.1 Å². The van der Waals surface area contributed by atoms with Crippen LogP contribution in [0.2, 0.25) is 0 Å². The van der Waals surface area contributed by atoms with Crippen LogP contribution in [-0.4, -0.2) is 73.2 Å². The van der Waals surface area contributed by atoms with Crippen LogP contribution in [0.4, 0.5) is 13.6 Å². The maximum Gasteiger partial charge on any atom is 0.323 e. The van der Waals surface area contributed by atoms with E-state index in [0.29, 0.717) is 12.8 Å². The number of carbonyl (C=O) groups is 1. The first-order valence-corrected chi connectivity index (χ1v) is 10.7. The van der Waals surface area contributed by atoms with Crippen molar-refractivity contribution in [2.45, 2.75) is 80.9 Å². The third-order valence-electron chi connectivity index (χ3n) is 6.04. The van der Waals surface area contributed by atoms with Gasteiger partial charge in [-0.3, -0.25) is 4.90 Å². The van der Waals surface area contributed by atoms with Gasteiger partial charge in [-0.1, -0.05) is 0 Å². The Bertz CT molecular complexity index is 719. The molecule has 0 radical (unpaired) electrons. The van der Waals surface area contributed by atoms with Crippen molar-refractivity contribution < 1.29 is 26.7 Å². The number of alkyl halides is 2. The molecule has 0 aromatic rings. The maximum absolute atomic E-state index is 12.9. The molecule has 2 aliphatic carbocycles. The number of halogens is 2. The van der Waals surface area contributed by atoms with Crippen molar-refractivity contribution in [1.29, 1.82) is 0 Å². The molecule has 5 atom stereocenters. The quantitative estimate of drug-likeness (QED) is 0.596. The monoisotopic (exact) mass is 409 g/mol. The second-order valence-corrected chi connectivity index (χ2v) is 10.1. The fourth-order valence-electron chi connectivity index (χ4n) is 4.20. The zero-order valence-electron chi connectivity index (χ0n) is 15.2. The van der Waals surface area contributed by atoms with Gasteiger partial charge in [0.2, 0.25) is 16.4 Å². The molecule has 4 fully saturated rings. The molecular weight excluding hydrogens is 384 g/mol. The number of sulfonamides is 1. The molecule has 4 aliphatic rings. The number of rotatable bonds is 5. The number of fused-ring (bicyclic) bond motifs is 1. The van der Waals surface area contributed by atoms with Crippen LogP contribution in [0.5, 0.6) is 0 Å². The number of nitrogens with one attached hydrogen (secondary N) is 3. The summed E-state index contributed by atoms with van der Waals surface area (Å²) >= 11 is 0. The van der Waals surface area contributed by atoms with Gasteiger partial charge in [0.1, 0.15) is 0 Å². The van der Waals surface area contributed by atoms with E-state index in [1.807, 2.05) is 6.92 Å². The molecule has 2 saturated carbocycles. The van der Waals surface area contributed by atoms with Gasteiger partial charge in [0.05, 0.1) is 17.3 Å². The van der Waals surface area contributed by atoms with Crippen LogP contribution in [-0.2, 0) is 14.8 Å². The van der Waals surface area contributed by atoms with Crippen molar-refractivity contribution in [3.8, 4) is 0 Å². The van der Waals surface area contributed by atoms with E-state index in [1.165, 1.54) is 4.90 Å². The lowest BCUT2D eigenvalue weighted by atomic mass is 9.90. The molecule has 0 aromatic carbocycles. The predicted molar refractivity (Wildman–Crippen MR) is 90.8 cm³/mol. The lowest BCUT2D eigenvalue weighted by Crippen LogP contribution is -2.54. The second-order valence-electron chi connectivity index (χ2n) is 8.11. The summed E-state index contributed by atoms with van der Waals surface area (Å²) in [5, 5.41) is -0.627. The molecule has 3 N–H and O–H groups in total. The molecule has 2 heterocycles. The summed E-state index contributed by atoms with van der Waals surface area (Å²) < 4.78 is 59.3. The number of ether oxygens (including phenoxy) is 1. The lowest BCUT2D eigenvalue weighted by Gasteiger charge is -2.37. The van der Waals surface area contributed by atoms with Gasteiger partial charge in [-0.15, -0.1) is 0 Å². The summed E-state index contributed by atoms with van der Waals surface area (Å²) in [6.07, 6.45) is -2.48. The topological polar surface area (TPSA) is 103 Å². The zero-order valence-corrected chi connectivity index (χ0v) is 16.0. The Balaban J connectivity index is 1.51. The lowest BCUT2D eigenvalue weighted by molar-refractivity contribution is -0.103. The molecular formula is C15H25F2N5O4S. The smallest absolute Gasteiger partial charge is 0.323 e. The fraction of sp³-hybridized carbons (Fsp3) is 0.933. The number of likely N-dealkylation sites (N-methyl/N-ethyl adjacent to an activating group) is 1. The zero-order chi connectivity index (χ0) is 19.6. The Hall–Kier alpha value is -1.08. The summed E-state index contributed by atoms with van der Waals surface area (Å²) in [4.78, 5) is 15.6. The van der Waals surface area contributed by atoms with E-state index in [1.54, 1.807) is 11.9 Å². The molecule has 27 heavy (non-hydrogen) atoms. The van der Waals surface area contributed by atoms with Crippen LogP contribution in [0.3, 0.4) is 0 Å². The molecule has 2 amide bonds. The molecule has 5 unspecified atom stereocenters. The van der Waals surface area contributed by atoms with Gasteiger partial charge in [-0.2, -0.15) is 0 Å². The molecule has 2 aliphatic heterocycles. The molecule has 154 valence electrons. The minimum atomic E-state index is -3.53. The number of hydrogen-bond acceptors (Lipinski definition) is 6. The number of nitrogens with zero attached hydrogens (tertiary/aromatic N) is 2. The molecule has 0 bridgehead atoms. The van der Waals surface area contributed by atoms with Crippen LogP contribution in [0.1, 0.15) is 39.0 Å². The Morgan fingerprint density at radius 2 is 1.96 bits per heavy atom. The molecule has 9 nitrogen and oxygen atoms in total. The van der Waals surface area contributed by atoms with Gasteiger partial charge >= 0.3 is 6.03 Å². The fourth-order valence-corrected chi connectivity index (χ4v) is 6.15. The summed E-state index contributed by atoms with van der Waals surface area (Å²) in [5.41, 5.74) is 4.55. The Morgan fingerprint density at radius 1 is 1.26 bits per heavy atom. The minimum Gasteiger partial charge on any atom is -0.323 e. The molecule has 2 saturated heterocycles. The SMILES string of the molecule is CN1C(=O)N(C2NNC(C(F)F)O2)C2CC(S(=O)(=O)NC3(C)CC3)CCC21. The standard InChI is InChI=1S/C15H25F2N5O4S/c1-15(5-6-15)20-27(24,25)8-3-4-9-10(7-8)22(14(23)21(9)2)13-19-18-12(26-13)11(16)17/h8-13,18-20H,3-7H2,1-2H3. The normalized spacial score (nSPS) is 38.6. The van der Waals surface area contributed by atoms with E-state index >= 15 is 0 Å².